The molecule has 1 aliphatic carbocycles. The van der Waals surface area contributed by atoms with E-state index in [1.807, 2.05) is 0 Å². The van der Waals surface area contributed by atoms with E-state index >= 15 is 0 Å². The van der Waals surface area contributed by atoms with Gasteiger partial charge in [-0.3, -0.25) is 0 Å². The average Bonchev–Trinajstić information content (AvgIpc) is 3.02. The first-order valence-electron chi connectivity index (χ1n) is 13.2. The lowest BCUT2D eigenvalue weighted by atomic mass is 9.71. The highest BCUT2D eigenvalue weighted by Gasteiger charge is 2.41. The van der Waals surface area contributed by atoms with E-state index in [0.717, 1.165) is 0 Å². The van der Waals surface area contributed by atoms with Gasteiger partial charge in [-0.2, -0.15) is 0 Å². The predicted octanol–water partition coefficient (Wildman–Crippen LogP) is 10.2. The number of hydrogen-bond donors (Lipinski definition) is 0. The summed E-state index contributed by atoms with van der Waals surface area (Å²) in [5.41, 5.74) is 6.86. The number of fused-ring (bicyclic) bond motifs is 1. The first kappa shape index (κ1) is 25.0. The molecule has 1 aromatic rings. The summed E-state index contributed by atoms with van der Waals surface area (Å²) in [5, 5.41) is 0. The Labute approximate surface area is 188 Å². The molecule has 1 unspecified atom stereocenters. The molecule has 0 aromatic heterocycles. The van der Waals surface area contributed by atoms with E-state index in [9.17, 15) is 0 Å². The largest absolute Gasteiger partial charge is 0.0873 e. The van der Waals surface area contributed by atoms with E-state index in [-0.39, 0.29) is 5.41 Å². The Hall–Kier alpha value is -1.30. The smallest absolute Gasteiger partial charge is 0.0353 e. The van der Waals surface area contributed by atoms with E-state index in [2.05, 4.69) is 64.1 Å². The van der Waals surface area contributed by atoms with Gasteiger partial charge in [0.2, 0.25) is 0 Å². The highest BCUT2D eigenvalue weighted by molar-refractivity contribution is 5.81. The summed E-state index contributed by atoms with van der Waals surface area (Å²) in [5.74, 6) is 0. The third-order valence-corrected chi connectivity index (χ3v) is 7.00. The van der Waals surface area contributed by atoms with Crippen LogP contribution in [0.2, 0.25) is 0 Å². The Morgan fingerprint density at radius 3 is 2.03 bits per heavy atom. The molecule has 168 valence electrons. The van der Waals surface area contributed by atoms with Crippen LogP contribution in [0.4, 0.5) is 0 Å². The highest BCUT2D eigenvalue weighted by Crippen LogP contribution is 2.53. The average molecular weight is 409 g/mol. The number of hydrogen-bond acceptors (Lipinski definition) is 0. The first-order valence-corrected chi connectivity index (χ1v) is 13.2. The Balaban J connectivity index is 2.51. The molecule has 0 spiro atoms. The summed E-state index contributed by atoms with van der Waals surface area (Å²) in [7, 11) is 0. The molecule has 0 saturated heterocycles. The molecule has 2 rings (SSSR count). The molecule has 0 fully saturated rings. The summed E-state index contributed by atoms with van der Waals surface area (Å²) >= 11 is 0. The molecule has 30 heavy (non-hydrogen) atoms. The van der Waals surface area contributed by atoms with Crippen LogP contribution in [0, 0.1) is 0 Å². The van der Waals surface area contributed by atoms with Crippen molar-refractivity contribution in [1.82, 2.24) is 0 Å². The topological polar surface area (TPSA) is 0 Å². The molecule has 0 N–H and O–H groups in total. The minimum absolute atomic E-state index is 0.162. The van der Waals surface area contributed by atoms with Crippen LogP contribution < -0.4 is 0 Å². The van der Waals surface area contributed by atoms with Gasteiger partial charge in [-0.05, 0) is 55.2 Å². The van der Waals surface area contributed by atoms with Gasteiger partial charge in [0.05, 0.1) is 0 Å². The van der Waals surface area contributed by atoms with Crippen LogP contribution in [0.25, 0.3) is 5.57 Å². The number of unbranched alkanes of at least 4 members (excludes halogenated alkanes) is 8. The van der Waals surface area contributed by atoms with Crippen LogP contribution in [0.3, 0.4) is 0 Å². The predicted molar refractivity (Wildman–Crippen MR) is 136 cm³/mol. The van der Waals surface area contributed by atoms with Crippen molar-refractivity contribution in [2.75, 3.05) is 0 Å². The van der Waals surface area contributed by atoms with E-state index in [1.54, 1.807) is 22.3 Å². The maximum absolute atomic E-state index is 2.66. The Bertz CT molecular complexity index is 662. The molecular weight excluding hydrogens is 360 g/mol. The second-order valence-corrected chi connectivity index (χ2v) is 9.39. The lowest BCUT2D eigenvalue weighted by Gasteiger charge is -2.32. The van der Waals surface area contributed by atoms with Crippen molar-refractivity contribution in [2.45, 2.75) is 129 Å². The molecule has 1 atom stereocenters. The van der Waals surface area contributed by atoms with Gasteiger partial charge in [-0.25, -0.2) is 0 Å². The summed E-state index contributed by atoms with van der Waals surface area (Å²) < 4.78 is 0. The Morgan fingerprint density at radius 1 is 0.700 bits per heavy atom. The second kappa shape index (κ2) is 13.9. The molecule has 0 saturated carbocycles. The summed E-state index contributed by atoms with van der Waals surface area (Å²) in [6.07, 6.45) is 24.8. The fourth-order valence-corrected chi connectivity index (χ4v) is 5.31. The third kappa shape index (κ3) is 6.35. The van der Waals surface area contributed by atoms with Crippen molar-refractivity contribution in [3.8, 4) is 0 Å². The van der Waals surface area contributed by atoms with Gasteiger partial charge in [0.15, 0.2) is 0 Å². The number of benzene rings is 1. The van der Waals surface area contributed by atoms with Gasteiger partial charge in [0.25, 0.3) is 0 Å². The van der Waals surface area contributed by atoms with Crippen LogP contribution in [-0.2, 0) is 5.41 Å². The van der Waals surface area contributed by atoms with Crippen molar-refractivity contribution < 1.29 is 0 Å². The van der Waals surface area contributed by atoms with Crippen LogP contribution in [-0.4, -0.2) is 0 Å². The second-order valence-electron chi connectivity index (χ2n) is 9.39. The summed E-state index contributed by atoms with van der Waals surface area (Å²) in [4.78, 5) is 0. The fourth-order valence-electron chi connectivity index (χ4n) is 5.31. The molecule has 0 amide bonds. The Morgan fingerprint density at radius 2 is 1.33 bits per heavy atom. The molecule has 1 aromatic carbocycles. The van der Waals surface area contributed by atoms with Crippen LogP contribution in [0.1, 0.15) is 135 Å². The number of rotatable bonds is 16. The van der Waals surface area contributed by atoms with Crippen molar-refractivity contribution in [3.63, 3.8) is 0 Å². The first-order chi connectivity index (χ1) is 14.7. The van der Waals surface area contributed by atoms with Crippen molar-refractivity contribution in [2.24, 2.45) is 0 Å². The molecular formula is C30H48. The van der Waals surface area contributed by atoms with Crippen LogP contribution >= 0.6 is 0 Å². The van der Waals surface area contributed by atoms with Crippen molar-refractivity contribution in [1.29, 1.82) is 0 Å². The maximum Gasteiger partial charge on any atom is 0.0353 e. The van der Waals surface area contributed by atoms with Gasteiger partial charge in [-0.1, -0.05) is 127 Å². The van der Waals surface area contributed by atoms with Crippen LogP contribution in [0.15, 0.2) is 42.0 Å². The van der Waals surface area contributed by atoms with E-state index in [1.165, 1.54) is 96.3 Å². The molecule has 0 radical (unpaired) electrons. The normalized spacial score (nSPS) is 18.5. The lowest BCUT2D eigenvalue weighted by molar-refractivity contribution is 0.505. The van der Waals surface area contributed by atoms with Crippen LogP contribution in [0.5, 0.6) is 0 Å². The molecule has 0 aliphatic heterocycles. The zero-order valence-electron chi connectivity index (χ0n) is 20.6. The highest BCUT2D eigenvalue weighted by atomic mass is 14.4. The van der Waals surface area contributed by atoms with E-state index < -0.39 is 0 Å². The fraction of sp³-hybridized carbons (Fsp3) is 0.667. The molecule has 0 bridgehead atoms. The minimum Gasteiger partial charge on any atom is -0.0873 e. The quantitative estimate of drug-likeness (QED) is 0.188. The van der Waals surface area contributed by atoms with Gasteiger partial charge in [0.1, 0.15) is 0 Å². The standard InChI is InChI=1S/C30H48/c1-5-9-13-19-25-30(24-18-12-8-4)28(22-15-11-7-3)26(20-14-10-6-2)27-21-16-17-23-29(27)30/h16-17,19,21,23,25H,5-15,18,20,22,24H2,1-4H3/b25-19+. The van der Waals surface area contributed by atoms with Gasteiger partial charge < -0.3 is 0 Å². The maximum atomic E-state index is 2.66. The monoisotopic (exact) mass is 408 g/mol. The van der Waals surface area contributed by atoms with E-state index in [0.29, 0.717) is 0 Å². The van der Waals surface area contributed by atoms with Gasteiger partial charge in [0, 0.05) is 5.41 Å². The summed E-state index contributed by atoms with van der Waals surface area (Å²) in [6.45, 7) is 9.29. The molecule has 0 nitrogen and oxygen atoms in total. The van der Waals surface area contributed by atoms with Gasteiger partial charge >= 0.3 is 0 Å². The SMILES string of the molecule is CCCC/C=C/C1(CCCCC)C(CCCCC)=C(CCCCC)c2ccccc21. The Kier molecular flexibility index (Phi) is 11.6. The molecule has 0 heterocycles. The molecule has 0 heteroatoms. The zero-order valence-corrected chi connectivity index (χ0v) is 20.6. The number of allylic oxidation sites excluding steroid dienone is 4. The summed E-state index contributed by atoms with van der Waals surface area (Å²) in [6, 6.07) is 9.44. The minimum atomic E-state index is 0.162. The molecule has 1 aliphatic rings. The van der Waals surface area contributed by atoms with Crippen molar-refractivity contribution in [3.05, 3.63) is 53.1 Å². The zero-order chi connectivity index (χ0) is 21.7. The van der Waals surface area contributed by atoms with E-state index in [4.69, 9.17) is 0 Å². The lowest BCUT2D eigenvalue weighted by Crippen LogP contribution is -2.24. The van der Waals surface area contributed by atoms with Gasteiger partial charge in [-0.15, -0.1) is 0 Å². The third-order valence-electron chi connectivity index (χ3n) is 7.00. The van der Waals surface area contributed by atoms with Crippen molar-refractivity contribution >= 4 is 5.57 Å².